The predicted octanol–water partition coefficient (Wildman–Crippen LogP) is 6.11. The minimum atomic E-state index is -4.42. The van der Waals surface area contributed by atoms with E-state index in [4.69, 9.17) is 0 Å². The first-order valence-corrected chi connectivity index (χ1v) is 11.3. The molecular formula is C27H26F4N2O. The van der Waals surface area contributed by atoms with E-state index < -0.39 is 11.7 Å². The molecule has 0 bridgehead atoms. The highest BCUT2D eigenvalue weighted by Crippen LogP contribution is 2.35. The third-order valence-electron chi connectivity index (χ3n) is 6.26. The van der Waals surface area contributed by atoms with Crippen LogP contribution >= 0.6 is 0 Å². The van der Waals surface area contributed by atoms with Crippen LogP contribution in [0.1, 0.15) is 41.1 Å². The Morgan fingerprint density at radius 1 is 0.912 bits per heavy atom. The van der Waals surface area contributed by atoms with Gasteiger partial charge in [-0.05, 0) is 53.8 Å². The van der Waals surface area contributed by atoms with E-state index in [1.54, 1.807) is 18.2 Å². The monoisotopic (exact) mass is 470 g/mol. The maximum Gasteiger partial charge on any atom is 0.416 e. The average molecular weight is 471 g/mol. The van der Waals surface area contributed by atoms with Crippen molar-refractivity contribution in [3.63, 3.8) is 0 Å². The van der Waals surface area contributed by atoms with Crippen LogP contribution in [0.2, 0.25) is 0 Å². The van der Waals surface area contributed by atoms with Gasteiger partial charge in [-0.2, -0.15) is 13.2 Å². The van der Waals surface area contributed by atoms with Gasteiger partial charge in [0.2, 0.25) is 5.91 Å². The van der Waals surface area contributed by atoms with Gasteiger partial charge in [-0.3, -0.25) is 9.69 Å². The first kappa shape index (κ1) is 24.0. The number of carbonyl (C=O) groups excluding carboxylic acids is 1. The quantitative estimate of drug-likeness (QED) is 0.441. The zero-order valence-electron chi connectivity index (χ0n) is 18.6. The van der Waals surface area contributed by atoms with Crippen molar-refractivity contribution in [2.45, 2.75) is 38.1 Å². The molecule has 0 saturated carbocycles. The SMILES string of the molecule is O=C(NCc1cccc(C(F)(F)F)c1)[C@@H]1CC[C@@H](c2ccccc2)N(Cc2ccc(F)cc2)C1. The molecule has 1 N–H and O–H groups in total. The van der Waals surface area contributed by atoms with Crippen molar-refractivity contribution in [3.05, 3.63) is 107 Å². The molecule has 3 aromatic rings. The third-order valence-corrected chi connectivity index (χ3v) is 6.26. The van der Waals surface area contributed by atoms with E-state index in [0.717, 1.165) is 29.7 Å². The van der Waals surface area contributed by atoms with Crippen LogP contribution in [0.3, 0.4) is 0 Å². The largest absolute Gasteiger partial charge is 0.416 e. The second kappa shape index (κ2) is 10.4. The molecule has 3 nitrogen and oxygen atoms in total. The summed E-state index contributed by atoms with van der Waals surface area (Å²) >= 11 is 0. The van der Waals surface area contributed by atoms with Gasteiger partial charge in [-0.1, -0.05) is 54.6 Å². The van der Waals surface area contributed by atoms with E-state index in [1.165, 1.54) is 18.2 Å². The standard InChI is InChI=1S/C27H26F4N2O/c28-24-12-9-19(10-13-24)17-33-18-22(11-14-25(33)21-6-2-1-3-7-21)26(34)32-16-20-5-4-8-23(15-20)27(29,30)31/h1-10,12-13,15,22,25H,11,14,16-18H2,(H,32,34)/t22-,25+/m1/s1. The molecule has 1 saturated heterocycles. The number of amides is 1. The Bertz CT molecular complexity index is 1100. The third kappa shape index (κ3) is 6.03. The van der Waals surface area contributed by atoms with Gasteiger partial charge in [0.25, 0.3) is 0 Å². The van der Waals surface area contributed by atoms with Gasteiger partial charge >= 0.3 is 6.18 Å². The van der Waals surface area contributed by atoms with Crippen molar-refractivity contribution in [2.24, 2.45) is 5.92 Å². The highest BCUT2D eigenvalue weighted by molar-refractivity contribution is 5.79. The van der Waals surface area contributed by atoms with Gasteiger partial charge in [-0.25, -0.2) is 4.39 Å². The second-order valence-corrected chi connectivity index (χ2v) is 8.67. The maximum atomic E-state index is 13.4. The lowest BCUT2D eigenvalue weighted by Gasteiger charge is -2.39. The Balaban J connectivity index is 1.44. The molecule has 1 amide bonds. The number of benzene rings is 3. The number of nitrogens with zero attached hydrogens (tertiary/aromatic N) is 1. The summed E-state index contributed by atoms with van der Waals surface area (Å²) in [6.07, 6.45) is -2.97. The molecule has 1 fully saturated rings. The molecule has 0 spiro atoms. The van der Waals surface area contributed by atoms with Gasteiger partial charge in [0, 0.05) is 25.7 Å². The number of carbonyl (C=O) groups is 1. The molecule has 2 atom stereocenters. The number of hydrogen-bond acceptors (Lipinski definition) is 2. The fourth-order valence-corrected chi connectivity index (χ4v) is 4.50. The molecule has 0 aromatic heterocycles. The number of hydrogen-bond donors (Lipinski definition) is 1. The van der Waals surface area contributed by atoms with Crippen molar-refractivity contribution in [1.82, 2.24) is 10.2 Å². The van der Waals surface area contributed by atoms with Crippen LogP contribution in [0, 0.1) is 11.7 Å². The minimum Gasteiger partial charge on any atom is -0.352 e. The molecule has 0 unspecified atom stereocenters. The normalized spacial score (nSPS) is 19.1. The lowest BCUT2D eigenvalue weighted by atomic mass is 9.88. The van der Waals surface area contributed by atoms with Crippen LogP contribution < -0.4 is 5.32 Å². The molecule has 1 aliphatic rings. The summed E-state index contributed by atoms with van der Waals surface area (Å²) in [5, 5.41) is 2.81. The molecular weight excluding hydrogens is 444 g/mol. The average Bonchev–Trinajstić information content (AvgIpc) is 2.84. The zero-order chi connectivity index (χ0) is 24.1. The number of halogens is 4. The Kier molecular flexibility index (Phi) is 7.32. The van der Waals surface area contributed by atoms with Gasteiger partial charge in [-0.15, -0.1) is 0 Å². The summed E-state index contributed by atoms with van der Waals surface area (Å²) < 4.78 is 52.3. The molecule has 0 radical (unpaired) electrons. The predicted molar refractivity (Wildman–Crippen MR) is 122 cm³/mol. The number of piperidine rings is 1. The van der Waals surface area contributed by atoms with E-state index in [1.807, 2.05) is 18.2 Å². The second-order valence-electron chi connectivity index (χ2n) is 8.67. The van der Waals surface area contributed by atoms with Crippen LogP contribution in [0.15, 0.2) is 78.9 Å². The Morgan fingerprint density at radius 3 is 2.35 bits per heavy atom. The van der Waals surface area contributed by atoms with Crippen molar-refractivity contribution >= 4 is 5.91 Å². The Labute approximate surface area is 196 Å². The number of nitrogens with one attached hydrogen (secondary N) is 1. The minimum absolute atomic E-state index is 0.0410. The highest BCUT2D eigenvalue weighted by Gasteiger charge is 2.33. The van der Waals surface area contributed by atoms with E-state index in [0.29, 0.717) is 25.1 Å². The number of rotatable bonds is 6. The van der Waals surface area contributed by atoms with E-state index >= 15 is 0 Å². The van der Waals surface area contributed by atoms with Gasteiger partial charge in [0.1, 0.15) is 5.82 Å². The van der Waals surface area contributed by atoms with Gasteiger partial charge < -0.3 is 5.32 Å². The van der Waals surface area contributed by atoms with Crippen molar-refractivity contribution in [1.29, 1.82) is 0 Å². The molecule has 178 valence electrons. The van der Waals surface area contributed by atoms with Crippen LogP contribution in [0.5, 0.6) is 0 Å². The molecule has 0 aliphatic carbocycles. The van der Waals surface area contributed by atoms with Crippen molar-refractivity contribution in [3.8, 4) is 0 Å². The number of likely N-dealkylation sites (tertiary alicyclic amines) is 1. The first-order valence-electron chi connectivity index (χ1n) is 11.3. The smallest absolute Gasteiger partial charge is 0.352 e. The van der Waals surface area contributed by atoms with Crippen LogP contribution in [-0.2, 0) is 24.1 Å². The first-order chi connectivity index (χ1) is 16.3. The fourth-order valence-electron chi connectivity index (χ4n) is 4.50. The van der Waals surface area contributed by atoms with E-state index in [-0.39, 0.29) is 30.2 Å². The summed E-state index contributed by atoms with van der Waals surface area (Å²) in [6, 6.07) is 21.5. The van der Waals surface area contributed by atoms with E-state index in [9.17, 15) is 22.4 Å². The summed E-state index contributed by atoms with van der Waals surface area (Å²) in [5.41, 5.74) is 1.79. The van der Waals surface area contributed by atoms with E-state index in [2.05, 4.69) is 22.3 Å². The molecule has 4 rings (SSSR count). The molecule has 1 heterocycles. The van der Waals surface area contributed by atoms with Crippen molar-refractivity contribution in [2.75, 3.05) is 6.54 Å². The molecule has 34 heavy (non-hydrogen) atoms. The maximum absolute atomic E-state index is 13.4. The molecule has 7 heteroatoms. The summed E-state index contributed by atoms with van der Waals surface area (Å²) in [4.78, 5) is 15.2. The van der Waals surface area contributed by atoms with Crippen molar-refractivity contribution < 1.29 is 22.4 Å². The summed E-state index contributed by atoms with van der Waals surface area (Å²) in [7, 11) is 0. The van der Waals surface area contributed by atoms with Crippen LogP contribution in [0.25, 0.3) is 0 Å². The zero-order valence-corrected chi connectivity index (χ0v) is 18.6. The number of alkyl halides is 3. The highest BCUT2D eigenvalue weighted by atomic mass is 19.4. The van der Waals surface area contributed by atoms with Crippen LogP contribution in [-0.4, -0.2) is 17.4 Å². The summed E-state index contributed by atoms with van der Waals surface area (Å²) in [6.45, 7) is 1.11. The topological polar surface area (TPSA) is 32.3 Å². The van der Waals surface area contributed by atoms with Gasteiger partial charge in [0.15, 0.2) is 0 Å². The Hall–Kier alpha value is -3.19. The lowest BCUT2D eigenvalue weighted by molar-refractivity contribution is -0.137. The van der Waals surface area contributed by atoms with Crippen LogP contribution in [0.4, 0.5) is 17.6 Å². The lowest BCUT2D eigenvalue weighted by Crippen LogP contribution is -2.44. The fraction of sp³-hybridized carbons (Fsp3) is 0.296. The Morgan fingerprint density at radius 2 is 1.65 bits per heavy atom. The molecule has 1 aliphatic heterocycles. The van der Waals surface area contributed by atoms with Gasteiger partial charge in [0.05, 0.1) is 11.5 Å². The molecule has 3 aromatic carbocycles. The summed E-state index contributed by atoms with van der Waals surface area (Å²) in [5.74, 6) is -0.756.